The van der Waals surface area contributed by atoms with Crippen LogP contribution in [0.15, 0.2) is 34.9 Å². The van der Waals surface area contributed by atoms with E-state index in [9.17, 15) is 18.0 Å². The van der Waals surface area contributed by atoms with Gasteiger partial charge in [0, 0.05) is 11.8 Å². The molecule has 4 nitrogen and oxygen atoms in total. The van der Waals surface area contributed by atoms with Crippen LogP contribution < -0.4 is 5.32 Å². The highest BCUT2D eigenvalue weighted by molar-refractivity contribution is 7.99. The predicted octanol–water partition coefficient (Wildman–Crippen LogP) is 4.26. The molecular weight excluding hydrogens is 329 g/mol. The first-order valence-corrected chi connectivity index (χ1v) is 7.82. The molecule has 1 N–H and O–H groups in total. The third kappa shape index (κ3) is 5.02. The van der Waals surface area contributed by atoms with Gasteiger partial charge in [-0.2, -0.15) is 13.2 Å². The van der Waals surface area contributed by atoms with Crippen LogP contribution in [0.2, 0.25) is 0 Å². The lowest BCUT2D eigenvalue weighted by Crippen LogP contribution is -2.22. The van der Waals surface area contributed by atoms with Crippen molar-refractivity contribution in [2.75, 3.05) is 5.32 Å². The Hall–Kier alpha value is -1.96. The Morgan fingerprint density at radius 3 is 2.74 bits per heavy atom. The van der Waals surface area contributed by atoms with Gasteiger partial charge in [0.05, 0.1) is 10.8 Å². The van der Waals surface area contributed by atoms with Crippen molar-refractivity contribution >= 4 is 23.5 Å². The van der Waals surface area contributed by atoms with Crippen molar-refractivity contribution in [1.29, 1.82) is 0 Å². The Labute approximate surface area is 135 Å². The second-order valence-electron chi connectivity index (χ2n) is 4.96. The summed E-state index contributed by atoms with van der Waals surface area (Å²) in [5.74, 6) is 0.912. The lowest BCUT2D eigenvalue weighted by Gasteiger charge is -2.12. The summed E-state index contributed by atoms with van der Waals surface area (Å²) in [6.07, 6.45) is -4.37. The maximum atomic E-state index is 12.7. The summed E-state index contributed by atoms with van der Waals surface area (Å²) < 4.78 is 42.8. The number of hydrogen-bond acceptors (Lipinski definition) is 4. The first-order valence-electron chi connectivity index (χ1n) is 6.77. The third-order valence-corrected chi connectivity index (χ3v) is 4.22. The van der Waals surface area contributed by atoms with Gasteiger partial charge in [-0.3, -0.25) is 4.79 Å². The summed E-state index contributed by atoms with van der Waals surface area (Å²) in [6, 6.07) is 6.67. The van der Waals surface area contributed by atoms with E-state index in [1.807, 2.05) is 0 Å². The number of thioether (sulfide) groups is 1. The van der Waals surface area contributed by atoms with Crippen molar-refractivity contribution in [3.05, 3.63) is 47.2 Å². The first-order chi connectivity index (χ1) is 10.8. The molecular formula is C15H15F3N2O2S. The molecule has 0 aliphatic carbocycles. The normalized spacial score (nSPS) is 12.9. The van der Waals surface area contributed by atoms with Crippen LogP contribution in [0.3, 0.4) is 0 Å². The van der Waals surface area contributed by atoms with E-state index in [0.717, 1.165) is 12.1 Å². The molecule has 1 aromatic carbocycles. The molecule has 0 saturated carbocycles. The Kier molecular flexibility index (Phi) is 5.35. The lowest BCUT2D eigenvalue weighted by molar-refractivity contribution is -0.137. The van der Waals surface area contributed by atoms with E-state index in [1.165, 1.54) is 17.8 Å². The van der Waals surface area contributed by atoms with E-state index in [-0.39, 0.29) is 5.91 Å². The van der Waals surface area contributed by atoms with Gasteiger partial charge in [0.25, 0.3) is 0 Å². The average molecular weight is 344 g/mol. The molecule has 1 unspecified atom stereocenters. The van der Waals surface area contributed by atoms with E-state index >= 15 is 0 Å². The number of anilines is 1. The SMILES string of the molecule is Cc1cc(NC(=O)C(C)SCc2cccc(C(F)(F)F)c2)no1. The topological polar surface area (TPSA) is 55.1 Å². The standard InChI is InChI=1S/C15H15F3N2O2S/c1-9-6-13(20-22-9)19-14(21)10(2)23-8-11-4-3-5-12(7-11)15(16,17)18/h3-7,10H,8H2,1-2H3,(H,19,20,21). The summed E-state index contributed by atoms with van der Waals surface area (Å²) >= 11 is 1.25. The van der Waals surface area contributed by atoms with Crippen LogP contribution in [0.5, 0.6) is 0 Å². The highest BCUT2D eigenvalue weighted by atomic mass is 32.2. The molecule has 0 saturated heterocycles. The second kappa shape index (κ2) is 7.08. The molecule has 0 fully saturated rings. The molecule has 0 radical (unpaired) electrons. The molecule has 2 aromatic rings. The molecule has 1 heterocycles. The summed E-state index contributed by atoms with van der Waals surface area (Å²) in [5, 5.41) is 5.80. The number of amides is 1. The maximum absolute atomic E-state index is 12.7. The van der Waals surface area contributed by atoms with E-state index < -0.39 is 17.0 Å². The van der Waals surface area contributed by atoms with E-state index in [4.69, 9.17) is 4.52 Å². The number of nitrogens with one attached hydrogen (secondary N) is 1. The van der Waals surface area contributed by atoms with Crippen molar-refractivity contribution in [3.63, 3.8) is 0 Å². The molecule has 0 aliphatic rings. The van der Waals surface area contributed by atoms with Gasteiger partial charge in [0.15, 0.2) is 5.82 Å². The van der Waals surface area contributed by atoms with Crippen molar-refractivity contribution in [3.8, 4) is 0 Å². The number of carbonyl (C=O) groups excluding carboxylic acids is 1. The number of benzene rings is 1. The fourth-order valence-corrected chi connectivity index (χ4v) is 2.62. The van der Waals surface area contributed by atoms with Gasteiger partial charge in [0.1, 0.15) is 5.76 Å². The number of aromatic nitrogens is 1. The number of alkyl halides is 3. The van der Waals surface area contributed by atoms with E-state index in [0.29, 0.717) is 22.9 Å². The van der Waals surface area contributed by atoms with Crippen molar-refractivity contribution < 1.29 is 22.5 Å². The van der Waals surface area contributed by atoms with Gasteiger partial charge in [-0.1, -0.05) is 23.4 Å². The van der Waals surface area contributed by atoms with Gasteiger partial charge < -0.3 is 9.84 Å². The zero-order valence-corrected chi connectivity index (χ0v) is 13.3. The molecule has 1 atom stereocenters. The maximum Gasteiger partial charge on any atom is 0.416 e. The first kappa shape index (κ1) is 17.4. The minimum atomic E-state index is -4.37. The largest absolute Gasteiger partial charge is 0.416 e. The van der Waals surface area contributed by atoms with Gasteiger partial charge in [0.2, 0.25) is 5.91 Å². The minimum Gasteiger partial charge on any atom is -0.360 e. The molecule has 0 aliphatic heterocycles. The van der Waals surface area contributed by atoms with Crippen LogP contribution in [0.4, 0.5) is 19.0 Å². The monoisotopic (exact) mass is 344 g/mol. The van der Waals surface area contributed by atoms with Crippen LogP contribution in [0.25, 0.3) is 0 Å². The molecule has 124 valence electrons. The summed E-state index contributed by atoms with van der Waals surface area (Å²) in [6.45, 7) is 3.38. The Morgan fingerprint density at radius 1 is 1.39 bits per heavy atom. The fourth-order valence-electron chi connectivity index (χ4n) is 1.79. The Balaban J connectivity index is 1.91. The highest BCUT2D eigenvalue weighted by Crippen LogP contribution is 2.30. The van der Waals surface area contributed by atoms with Crippen molar-refractivity contribution in [2.24, 2.45) is 0 Å². The van der Waals surface area contributed by atoms with Gasteiger partial charge in [-0.05, 0) is 25.5 Å². The number of carbonyl (C=O) groups is 1. The predicted molar refractivity (Wildman–Crippen MR) is 82.1 cm³/mol. The van der Waals surface area contributed by atoms with E-state index in [1.54, 1.807) is 26.0 Å². The van der Waals surface area contributed by atoms with Gasteiger partial charge >= 0.3 is 6.18 Å². The highest BCUT2D eigenvalue weighted by Gasteiger charge is 2.30. The van der Waals surface area contributed by atoms with Crippen LogP contribution in [-0.2, 0) is 16.7 Å². The molecule has 23 heavy (non-hydrogen) atoms. The zero-order chi connectivity index (χ0) is 17.0. The van der Waals surface area contributed by atoms with E-state index in [2.05, 4.69) is 10.5 Å². The molecule has 0 spiro atoms. The van der Waals surface area contributed by atoms with Crippen LogP contribution in [0.1, 0.15) is 23.8 Å². The average Bonchev–Trinajstić information content (AvgIpc) is 2.89. The number of rotatable bonds is 5. The molecule has 1 aromatic heterocycles. The molecule has 8 heteroatoms. The Morgan fingerprint density at radius 2 is 2.13 bits per heavy atom. The van der Waals surface area contributed by atoms with Crippen LogP contribution in [-0.4, -0.2) is 16.3 Å². The third-order valence-electron chi connectivity index (χ3n) is 3.00. The van der Waals surface area contributed by atoms with Gasteiger partial charge in [-0.15, -0.1) is 11.8 Å². The number of nitrogens with zero attached hydrogens (tertiary/aromatic N) is 1. The molecule has 0 bridgehead atoms. The summed E-state index contributed by atoms with van der Waals surface area (Å²) in [4.78, 5) is 12.0. The molecule has 2 rings (SSSR count). The smallest absolute Gasteiger partial charge is 0.360 e. The second-order valence-corrected chi connectivity index (χ2v) is 6.29. The van der Waals surface area contributed by atoms with Crippen molar-refractivity contribution in [1.82, 2.24) is 5.16 Å². The summed E-state index contributed by atoms with van der Waals surface area (Å²) in [7, 11) is 0. The minimum absolute atomic E-state index is 0.282. The number of hydrogen-bond donors (Lipinski definition) is 1. The summed E-state index contributed by atoms with van der Waals surface area (Å²) in [5.41, 5.74) is -0.174. The number of halogens is 3. The zero-order valence-electron chi connectivity index (χ0n) is 12.5. The van der Waals surface area contributed by atoms with Crippen LogP contribution >= 0.6 is 11.8 Å². The molecule has 1 amide bonds. The fraction of sp³-hybridized carbons (Fsp3) is 0.333. The Bertz CT molecular complexity index is 685. The van der Waals surface area contributed by atoms with Gasteiger partial charge in [-0.25, -0.2) is 0 Å². The van der Waals surface area contributed by atoms with Crippen molar-refractivity contribution in [2.45, 2.75) is 31.0 Å². The van der Waals surface area contributed by atoms with Crippen LogP contribution in [0, 0.1) is 6.92 Å². The number of aryl methyl sites for hydroxylation is 1. The lowest BCUT2D eigenvalue weighted by atomic mass is 10.1. The quantitative estimate of drug-likeness (QED) is 0.880.